The molecule has 0 aromatic rings. The quantitative estimate of drug-likeness (QED) is 0.729. The van der Waals surface area contributed by atoms with Gasteiger partial charge in [0.15, 0.2) is 0 Å². The van der Waals surface area contributed by atoms with Gasteiger partial charge in [0.2, 0.25) is 0 Å². The number of piperazine rings is 1. The first-order valence-corrected chi connectivity index (χ1v) is 7.47. The summed E-state index contributed by atoms with van der Waals surface area (Å²) in [6, 6.07) is 1.63. The number of hydrogen-bond acceptors (Lipinski definition) is 2. The fourth-order valence-corrected chi connectivity index (χ4v) is 3.24. The molecule has 2 aliphatic rings. The molecule has 2 nitrogen and oxygen atoms in total. The Kier molecular flexibility index (Phi) is 4.47. The van der Waals surface area contributed by atoms with Crippen LogP contribution in [-0.4, -0.2) is 53.4 Å². The van der Waals surface area contributed by atoms with E-state index in [1.165, 1.54) is 51.9 Å². The van der Waals surface area contributed by atoms with Crippen molar-refractivity contribution in [2.75, 3.05) is 31.5 Å². The number of piperidine rings is 1. The zero-order valence-corrected chi connectivity index (χ0v) is 11.4. The van der Waals surface area contributed by atoms with Gasteiger partial charge in [0.05, 0.1) is 0 Å². The van der Waals surface area contributed by atoms with Crippen LogP contribution in [-0.2, 0) is 0 Å². The van der Waals surface area contributed by atoms with E-state index in [-0.39, 0.29) is 0 Å². The molecular formula is C12H23BrN2. The van der Waals surface area contributed by atoms with Crippen LogP contribution in [0.3, 0.4) is 0 Å². The van der Waals surface area contributed by atoms with Crippen LogP contribution >= 0.6 is 15.9 Å². The molecular weight excluding hydrogens is 252 g/mol. The Morgan fingerprint density at radius 1 is 1.27 bits per heavy atom. The zero-order valence-electron chi connectivity index (χ0n) is 9.79. The Labute approximate surface area is 102 Å². The van der Waals surface area contributed by atoms with Crippen LogP contribution in [0.15, 0.2) is 0 Å². The van der Waals surface area contributed by atoms with Crippen molar-refractivity contribution in [3.05, 3.63) is 0 Å². The van der Waals surface area contributed by atoms with E-state index in [4.69, 9.17) is 0 Å². The normalized spacial score (nSPS) is 34.0. The van der Waals surface area contributed by atoms with E-state index >= 15 is 0 Å². The van der Waals surface area contributed by atoms with Gasteiger partial charge >= 0.3 is 0 Å². The minimum absolute atomic E-state index is 0.762. The van der Waals surface area contributed by atoms with Crippen molar-refractivity contribution in [3.63, 3.8) is 0 Å². The lowest BCUT2D eigenvalue weighted by molar-refractivity contribution is 0.0157. The van der Waals surface area contributed by atoms with Gasteiger partial charge in [-0.2, -0.15) is 0 Å². The van der Waals surface area contributed by atoms with Crippen LogP contribution in [0.5, 0.6) is 0 Å². The number of nitrogens with zero attached hydrogens (tertiary/aromatic N) is 2. The minimum Gasteiger partial charge on any atom is -0.298 e. The molecule has 15 heavy (non-hydrogen) atoms. The summed E-state index contributed by atoms with van der Waals surface area (Å²) in [4.78, 5) is 5.41. The molecule has 0 amide bonds. The third-order valence-corrected chi connectivity index (χ3v) is 4.46. The summed E-state index contributed by atoms with van der Waals surface area (Å²) in [5.41, 5.74) is 0. The highest BCUT2D eigenvalue weighted by Gasteiger charge is 2.32. The number of halogens is 1. The van der Waals surface area contributed by atoms with Crippen LogP contribution in [0.4, 0.5) is 0 Å². The smallest absolute Gasteiger partial charge is 0.0223 e. The fraction of sp³-hybridized carbons (Fsp3) is 1.00. The first-order chi connectivity index (χ1) is 7.31. The molecule has 2 heterocycles. The van der Waals surface area contributed by atoms with Gasteiger partial charge in [-0.3, -0.25) is 9.80 Å². The molecule has 88 valence electrons. The lowest BCUT2D eigenvalue weighted by Gasteiger charge is -2.47. The predicted octanol–water partition coefficient (Wildman–Crippen LogP) is 2.33. The maximum atomic E-state index is 3.53. The van der Waals surface area contributed by atoms with Crippen molar-refractivity contribution in [2.45, 2.75) is 44.7 Å². The average Bonchev–Trinajstić information content (AvgIpc) is 2.26. The van der Waals surface area contributed by atoms with Gasteiger partial charge in [0.25, 0.3) is 0 Å². The highest BCUT2D eigenvalue weighted by Crippen LogP contribution is 2.23. The first-order valence-electron chi connectivity index (χ1n) is 6.35. The van der Waals surface area contributed by atoms with Gasteiger partial charge in [-0.05, 0) is 39.3 Å². The van der Waals surface area contributed by atoms with Crippen molar-refractivity contribution in [1.29, 1.82) is 0 Å². The molecule has 0 N–H and O–H groups in total. The van der Waals surface area contributed by atoms with E-state index in [1.54, 1.807) is 0 Å². The molecule has 0 aliphatic carbocycles. The highest BCUT2D eigenvalue weighted by atomic mass is 79.9. The van der Waals surface area contributed by atoms with E-state index in [1.807, 2.05) is 0 Å². The fourth-order valence-electron chi connectivity index (χ4n) is 2.99. The third kappa shape index (κ3) is 2.95. The SMILES string of the molecule is CC1CN2CCCCC2CN1CCCBr. The molecule has 0 saturated carbocycles. The van der Waals surface area contributed by atoms with Gasteiger partial charge in [0, 0.05) is 30.5 Å². The largest absolute Gasteiger partial charge is 0.298 e. The van der Waals surface area contributed by atoms with Crippen LogP contribution in [0.25, 0.3) is 0 Å². The Balaban J connectivity index is 1.87. The summed E-state index contributed by atoms with van der Waals surface area (Å²) in [6.07, 6.45) is 5.58. The Bertz CT molecular complexity index is 198. The second-order valence-corrected chi connectivity index (χ2v) is 5.82. The summed E-state index contributed by atoms with van der Waals surface area (Å²) in [6.45, 7) is 7.62. The molecule has 0 spiro atoms. The summed E-state index contributed by atoms with van der Waals surface area (Å²) in [5.74, 6) is 0. The summed E-state index contributed by atoms with van der Waals surface area (Å²) in [5, 5.41) is 1.14. The lowest BCUT2D eigenvalue weighted by atomic mass is 9.97. The van der Waals surface area contributed by atoms with Crippen molar-refractivity contribution >= 4 is 15.9 Å². The second-order valence-electron chi connectivity index (χ2n) is 5.03. The van der Waals surface area contributed by atoms with Crippen molar-refractivity contribution in [1.82, 2.24) is 9.80 Å². The Morgan fingerprint density at radius 3 is 2.93 bits per heavy atom. The van der Waals surface area contributed by atoms with E-state index in [0.717, 1.165) is 17.4 Å². The van der Waals surface area contributed by atoms with Crippen molar-refractivity contribution in [3.8, 4) is 0 Å². The monoisotopic (exact) mass is 274 g/mol. The van der Waals surface area contributed by atoms with Gasteiger partial charge in [-0.1, -0.05) is 22.4 Å². The van der Waals surface area contributed by atoms with Crippen LogP contribution in [0, 0.1) is 0 Å². The standard InChI is InChI=1S/C12H23BrN2/c1-11-9-15-7-3-2-5-12(15)10-14(11)8-4-6-13/h11-12H,2-10H2,1H3. The lowest BCUT2D eigenvalue weighted by Crippen LogP contribution is -2.58. The molecule has 0 bridgehead atoms. The predicted molar refractivity (Wildman–Crippen MR) is 68.7 cm³/mol. The molecule has 2 atom stereocenters. The summed E-state index contributed by atoms with van der Waals surface area (Å²) in [7, 11) is 0. The zero-order chi connectivity index (χ0) is 10.7. The van der Waals surface area contributed by atoms with Crippen LogP contribution in [0.2, 0.25) is 0 Å². The molecule has 0 aromatic heterocycles. The van der Waals surface area contributed by atoms with Crippen LogP contribution in [0.1, 0.15) is 32.6 Å². The average molecular weight is 275 g/mol. The molecule has 2 fully saturated rings. The second kappa shape index (κ2) is 5.65. The van der Waals surface area contributed by atoms with Gasteiger partial charge < -0.3 is 0 Å². The summed E-state index contributed by atoms with van der Waals surface area (Å²) >= 11 is 3.53. The first kappa shape index (κ1) is 11.9. The maximum absolute atomic E-state index is 3.53. The highest BCUT2D eigenvalue weighted by molar-refractivity contribution is 9.09. The molecule has 3 heteroatoms. The Morgan fingerprint density at radius 2 is 2.13 bits per heavy atom. The molecule has 2 rings (SSSR count). The Hall–Kier alpha value is 0.400. The molecule has 2 saturated heterocycles. The number of rotatable bonds is 3. The number of fused-ring (bicyclic) bond motifs is 1. The van der Waals surface area contributed by atoms with Gasteiger partial charge in [0.1, 0.15) is 0 Å². The molecule has 0 aromatic carbocycles. The number of alkyl halides is 1. The molecule has 2 unspecified atom stereocenters. The van der Waals surface area contributed by atoms with E-state index in [0.29, 0.717) is 0 Å². The molecule has 0 radical (unpaired) electrons. The van der Waals surface area contributed by atoms with Gasteiger partial charge in [-0.15, -0.1) is 0 Å². The topological polar surface area (TPSA) is 6.48 Å². The number of hydrogen-bond donors (Lipinski definition) is 0. The van der Waals surface area contributed by atoms with Crippen molar-refractivity contribution < 1.29 is 0 Å². The minimum atomic E-state index is 0.762. The van der Waals surface area contributed by atoms with E-state index in [2.05, 4.69) is 32.7 Å². The van der Waals surface area contributed by atoms with E-state index < -0.39 is 0 Å². The van der Waals surface area contributed by atoms with Crippen LogP contribution < -0.4 is 0 Å². The van der Waals surface area contributed by atoms with E-state index in [9.17, 15) is 0 Å². The summed E-state index contributed by atoms with van der Waals surface area (Å²) < 4.78 is 0. The maximum Gasteiger partial charge on any atom is 0.0223 e. The van der Waals surface area contributed by atoms with Gasteiger partial charge in [-0.25, -0.2) is 0 Å². The third-order valence-electron chi connectivity index (χ3n) is 3.90. The molecule has 2 aliphatic heterocycles. The van der Waals surface area contributed by atoms with Crippen molar-refractivity contribution in [2.24, 2.45) is 0 Å².